The number of amides is 2. The number of ether oxygens (including phenoxy) is 1. The van der Waals surface area contributed by atoms with Crippen LogP contribution in [0, 0.1) is 0 Å². The third-order valence-electron chi connectivity index (χ3n) is 4.71. The van der Waals surface area contributed by atoms with Crippen LogP contribution in [0.15, 0.2) is 78.9 Å². The molecule has 0 saturated carbocycles. The Morgan fingerprint density at radius 2 is 1.56 bits per heavy atom. The van der Waals surface area contributed by atoms with Gasteiger partial charge < -0.3 is 15.4 Å². The molecule has 0 heterocycles. The van der Waals surface area contributed by atoms with Crippen LogP contribution in [-0.4, -0.2) is 30.6 Å². The molecule has 0 aliphatic heterocycles. The number of nitrogens with one attached hydrogen (secondary N) is 3. The highest BCUT2D eigenvalue weighted by Crippen LogP contribution is 2.18. The van der Waals surface area contributed by atoms with Crippen molar-refractivity contribution in [1.29, 1.82) is 0 Å². The predicted octanol–water partition coefficient (Wildman–Crippen LogP) is 3.72. The summed E-state index contributed by atoms with van der Waals surface area (Å²) >= 11 is 5.28. The van der Waals surface area contributed by atoms with Crippen LogP contribution in [0.5, 0.6) is 5.75 Å². The molecule has 3 N–H and O–H groups in total. The average molecular weight is 448 g/mol. The van der Waals surface area contributed by atoms with Crippen LogP contribution in [0.25, 0.3) is 0 Å². The molecule has 0 saturated heterocycles. The first-order chi connectivity index (χ1) is 15.5. The number of para-hydroxylation sites is 1. The number of carbonyl (C=O) groups is 2. The molecule has 0 bridgehead atoms. The van der Waals surface area contributed by atoms with Crippen molar-refractivity contribution in [2.24, 2.45) is 0 Å². The second-order valence-corrected chi connectivity index (χ2v) is 7.44. The number of hydrogen-bond acceptors (Lipinski definition) is 4. The van der Waals surface area contributed by atoms with Crippen molar-refractivity contribution in [3.63, 3.8) is 0 Å². The second kappa shape index (κ2) is 11.6. The van der Waals surface area contributed by atoms with Gasteiger partial charge in [0.15, 0.2) is 5.11 Å². The summed E-state index contributed by atoms with van der Waals surface area (Å²) in [6.07, 6.45) is 1.05. The van der Waals surface area contributed by atoms with Crippen LogP contribution >= 0.6 is 12.2 Å². The number of anilines is 1. The number of carbonyl (C=O) groups excluding carboxylic acids is 2. The predicted molar refractivity (Wildman–Crippen MR) is 130 cm³/mol. The zero-order valence-corrected chi connectivity index (χ0v) is 18.6. The minimum Gasteiger partial charge on any atom is -0.492 e. The standard InChI is InChI=1S/C25H25N3O3S/c1-26-23(29)17-19-11-13-20(14-12-19)27-25(32)28-24(30)21-9-5-6-10-22(21)31-16-15-18-7-3-2-4-8-18/h2-14H,15-17H2,1H3,(H,26,29)(H2,27,28,30,32). The van der Waals surface area contributed by atoms with E-state index in [1.54, 1.807) is 37.4 Å². The van der Waals surface area contributed by atoms with Gasteiger partial charge in [-0.05, 0) is 47.6 Å². The SMILES string of the molecule is CNC(=O)Cc1ccc(NC(=S)NC(=O)c2ccccc2OCCc2ccccc2)cc1. The normalized spacial score (nSPS) is 10.2. The third-order valence-corrected chi connectivity index (χ3v) is 4.91. The fourth-order valence-corrected chi connectivity index (χ4v) is 3.23. The monoisotopic (exact) mass is 447 g/mol. The molecule has 7 heteroatoms. The van der Waals surface area contributed by atoms with Crippen molar-refractivity contribution in [2.45, 2.75) is 12.8 Å². The lowest BCUT2D eigenvalue weighted by Crippen LogP contribution is -2.34. The lowest BCUT2D eigenvalue weighted by molar-refractivity contribution is -0.119. The van der Waals surface area contributed by atoms with Gasteiger partial charge in [-0.15, -0.1) is 0 Å². The zero-order chi connectivity index (χ0) is 22.8. The molecule has 3 aromatic rings. The molecule has 3 rings (SSSR count). The summed E-state index contributed by atoms with van der Waals surface area (Å²) in [6, 6.07) is 24.4. The van der Waals surface area contributed by atoms with E-state index in [4.69, 9.17) is 17.0 Å². The number of benzene rings is 3. The van der Waals surface area contributed by atoms with Crippen LogP contribution in [-0.2, 0) is 17.6 Å². The summed E-state index contributed by atoms with van der Waals surface area (Å²) in [4.78, 5) is 24.2. The third kappa shape index (κ3) is 6.92. The van der Waals surface area contributed by atoms with Crippen LogP contribution in [0.4, 0.5) is 5.69 Å². The number of rotatable bonds is 8. The molecule has 0 fully saturated rings. The van der Waals surface area contributed by atoms with E-state index in [9.17, 15) is 9.59 Å². The maximum absolute atomic E-state index is 12.7. The largest absolute Gasteiger partial charge is 0.492 e. The van der Waals surface area contributed by atoms with E-state index in [1.807, 2.05) is 48.5 Å². The Hall–Kier alpha value is -3.71. The first-order valence-corrected chi connectivity index (χ1v) is 10.6. The topological polar surface area (TPSA) is 79.5 Å². The minimum atomic E-state index is -0.353. The van der Waals surface area contributed by atoms with Gasteiger partial charge in [0.2, 0.25) is 5.91 Å². The number of thiocarbonyl (C=S) groups is 1. The molecule has 0 unspecified atom stereocenters. The maximum atomic E-state index is 12.7. The second-order valence-electron chi connectivity index (χ2n) is 7.04. The van der Waals surface area contributed by atoms with Gasteiger partial charge >= 0.3 is 0 Å². The highest BCUT2D eigenvalue weighted by atomic mass is 32.1. The van der Waals surface area contributed by atoms with Gasteiger partial charge in [0, 0.05) is 19.2 Å². The van der Waals surface area contributed by atoms with Crippen LogP contribution in [0.3, 0.4) is 0 Å². The van der Waals surface area contributed by atoms with Crippen molar-refractivity contribution in [3.05, 3.63) is 95.6 Å². The van der Waals surface area contributed by atoms with E-state index in [1.165, 1.54) is 5.56 Å². The lowest BCUT2D eigenvalue weighted by atomic mass is 10.1. The van der Waals surface area contributed by atoms with Gasteiger partial charge in [-0.3, -0.25) is 14.9 Å². The first-order valence-electron chi connectivity index (χ1n) is 10.2. The molecule has 0 atom stereocenters. The highest BCUT2D eigenvalue weighted by Gasteiger charge is 2.14. The molecule has 0 radical (unpaired) electrons. The fourth-order valence-electron chi connectivity index (χ4n) is 3.02. The molecule has 3 aromatic carbocycles. The van der Waals surface area contributed by atoms with Crippen LogP contribution < -0.4 is 20.7 Å². The molecule has 0 aliphatic carbocycles. The Balaban J connectivity index is 1.54. The summed E-state index contributed by atoms with van der Waals surface area (Å²) in [5.41, 5.74) is 3.17. The van der Waals surface area contributed by atoms with Crippen molar-refractivity contribution >= 4 is 34.8 Å². The maximum Gasteiger partial charge on any atom is 0.261 e. The molecule has 6 nitrogen and oxygen atoms in total. The minimum absolute atomic E-state index is 0.0573. The van der Waals surface area contributed by atoms with E-state index >= 15 is 0 Å². The Morgan fingerprint density at radius 3 is 2.28 bits per heavy atom. The van der Waals surface area contributed by atoms with E-state index in [-0.39, 0.29) is 16.9 Å². The van der Waals surface area contributed by atoms with Crippen molar-refractivity contribution in [1.82, 2.24) is 10.6 Å². The molecular weight excluding hydrogens is 422 g/mol. The summed E-state index contributed by atoms with van der Waals surface area (Å²) < 4.78 is 5.86. The van der Waals surface area contributed by atoms with Crippen molar-refractivity contribution in [3.8, 4) is 5.75 Å². The van der Waals surface area contributed by atoms with Gasteiger partial charge in [-0.2, -0.15) is 0 Å². The summed E-state index contributed by atoms with van der Waals surface area (Å²) in [7, 11) is 1.60. The molecule has 2 amide bonds. The number of likely N-dealkylation sites (N-methyl/N-ethyl adjacent to an activating group) is 1. The van der Waals surface area contributed by atoms with Gasteiger partial charge in [0.1, 0.15) is 5.75 Å². The van der Waals surface area contributed by atoms with Crippen LogP contribution in [0.1, 0.15) is 21.5 Å². The van der Waals surface area contributed by atoms with Crippen LogP contribution in [0.2, 0.25) is 0 Å². The Morgan fingerprint density at radius 1 is 0.875 bits per heavy atom. The number of hydrogen-bond donors (Lipinski definition) is 3. The molecule has 0 aliphatic rings. The smallest absolute Gasteiger partial charge is 0.261 e. The van der Waals surface area contributed by atoms with E-state index in [2.05, 4.69) is 16.0 Å². The Kier molecular flexibility index (Phi) is 8.34. The lowest BCUT2D eigenvalue weighted by Gasteiger charge is -2.13. The van der Waals surface area contributed by atoms with Gasteiger partial charge in [0.25, 0.3) is 5.91 Å². The van der Waals surface area contributed by atoms with Gasteiger partial charge in [0.05, 0.1) is 18.6 Å². The Bertz CT molecular complexity index is 1070. The van der Waals surface area contributed by atoms with Crippen molar-refractivity contribution < 1.29 is 14.3 Å². The fraction of sp³-hybridized carbons (Fsp3) is 0.160. The van der Waals surface area contributed by atoms with Gasteiger partial charge in [-0.1, -0.05) is 54.6 Å². The highest BCUT2D eigenvalue weighted by molar-refractivity contribution is 7.80. The summed E-state index contributed by atoms with van der Waals surface area (Å²) in [5, 5.41) is 8.43. The summed E-state index contributed by atoms with van der Waals surface area (Å²) in [6.45, 7) is 0.458. The molecule has 0 aromatic heterocycles. The molecule has 0 spiro atoms. The molecular formula is C25H25N3O3S. The van der Waals surface area contributed by atoms with Gasteiger partial charge in [-0.25, -0.2) is 0 Å². The van der Waals surface area contributed by atoms with E-state index < -0.39 is 0 Å². The quantitative estimate of drug-likeness (QED) is 0.459. The zero-order valence-electron chi connectivity index (χ0n) is 17.8. The molecule has 32 heavy (non-hydrogen) atoms. The first kappa shape index (κ1) is 23.0. The van der Waals surface area contributed by atoms with Crippen molar-refractivity contribution in [2.75, 3.05) is 19.0 Å². The molecule has 164 valence electrons. The average Bonchev–Trinajstić information content (AvgIpc) is 2.81. The Labute approximate surface area is 193 Å². The summed E-state index contributed by atoms with van der Waals surface area (Å²) in [5.74, 6) is 0.0921. The van der Waals surface area contributed by atoms with E-state index in [0.717, 1.165) is 12.0 Å². The van der Waals surface area contributed by atoms with E-state index in [0.29, 0.717) is 30.0 Å².